The quantitative estimate of drug-likeness (QED) is 0.691. The van der Waals surface area contributed by atoms with Crippen LogP contribution in [-0.2, 0) is 0 Å². The molecule has 2 aromatic carbocycles. The highest BCUT2D eigenvalue weighted by molar-refractivity contribution is 9.10. The second kappa shape index (κ2) is 4.15. The van der Waals surface area contributed by atoms with Crippen molar-refractivity contribution >= 4 is 21.5 Å². The minimum atomic E-state index is 0.416. The third-order valence-electron chi connectivity index (χ3n) is 3.35. The molecule has 0 aliphatic heterocycles. The molecule has 0 bridgehead atoms. The molecule has 1 aliphatic rings. The van der Waals surface area contributed by atoms with Gasteiger partial charge in [-0.3, -0.25) is 0 Å². The highest BCUT2D eigenvalue weighted by atomic mass is 79.9. The van der Waals surface area contributed by atoms with E-state index in [1.807, 2.05) is 0 Å². The third kappa shape index (κ3) is 1.85. The SMILES string of the molecule is CC1=CC(c2ccccc2)c2ccc(Br)cc21. The summed E-state index contributed by atoms with van der Waals surface area (Å²) in [5.74, 6) is 0.416. The number of hydrogen-bond acceptors (Lipinski definition) is 0. The second-order valence-electron chi connectivity index (χ2n) is 4.47. The summed E-state index contributed by atoms with van der Waals surface area (Å²) in [6.45, 7) is 2.19. The summed E-state index contributed by atoms with van der Waals surface area (Å²) < 4.78 is 1.15. The van der Waals surface area contributed by atoms with Crippen LogP contribution in [0, 0.1) is 0 Å². The van der Waals surface area contributed by atoms with Crippen LogP contribution in [0.3, 0.4) is 0 Å². The monoisotopic (exact) mass is 284 g/mol. The lowest BCUT2D eigenvalue weighted by atomic mass is 9.93. The van der Waals surface area contributed by atoms with Gasteiger partial charge in [-0.2, -0.15) is 0 Å². The molecule has 1 atom stereocenters. The lowest BCUT2D eigenvalue weighted by molar-refractivity contribution is 1.05. The van der Waals surface area contributed by atoms with Crippen LogP contribution in [0.5, 0.6) is 0 Å². The van der Waals surface area contributed by atoms with Gasteiger partial charge in [0.25, 0.3) is 0 Å². The molecule has 2 aromatic rings. The number of hydrogen-bond donors (Lipinski definition) is 0. The highest BCUT2D eigenvalue weighted by Crippen LogP contribution is 2.40. The summed E-state index contributed by atoms with van der Waals surface area (Å²) in [6, 6.07) is 17.2. The molecule has 0 spiro atoms. The third-order valence-corrected chi connectivity index (χ3v) is 3.84. The van der Waals surface area contributed by atoms with Gasteiger partial charge in [0.1, 0.15) is 0 Å². The van der Waals surface area contributed by atoms with E-state index >= 15 is 0 Å². The Hall–Kier alpha value is -1.34. The lowest BCUT2D eigenvalue weighted by Crippen LogP contribution is -1.95. The maximum absolute atomic E-state index is 3.54. The highest BCUT2D eigenvalue weighted by Gasteiger charge is 2.22. The van der Waals surface area contributed by atoms with Crippen LogP contribution >= 0.6 is 15.9 Å². The molecule has 17 heavy (non-hydrogen) atoms. The zero-order chi connectivity index (χ0) is 11.8. The van der Waals surface area contributed by atoms with E-state index in [0.29, 0.717) is 5.92 Å². The molecule has 1 unspecified atom stereocenters. The van der Waals surface area contributed by atoms with E-state index in [0.717, 1.165) is 4.47 Å². The van der Waals surface area contributed by atoms with E-state index in [1.54, 1.807) is 0 Å². The van der Waals surface area contributed by atoms with Gasteiger partial charge in [-0.25, -0.2) is 0 Å². The molecule has 0 amide bonds. The molecular weight excluding hydrogens is 272 g/mol. The van der Waals surface area contributed by atoms with E-state index in [1.165, 1.54) is 22.3 Å². The molecule has 0 aromatic heterocycles. The van der Waals surface area contributed by atoms with E-state index < -0.39 is 0 Å². The fourth-order valence-electron chi connectivity index (χ4n) is 2.51. The van der Waals surface area contributed by atoms with Gasteiger partial charge in [0.2, 0.25) is 0 Å². The Morgan fingerprint density at radius 3 is 2.53 bits per heavy atom. The smallest absolute Gasteiger partial charge is 0.0281 e. The zero-order valence-corrected chi connectivity index (χ0v) is 11.2. The molecule has 1 heteroatoms. The fourth-order valence-corrected chi connectivity index (χ4v) is 2.87. The standard InChI is InChI=1S/C16H13Br/c1-11-9-16(12-5-3-2-4-6-12)14-8-7-13(17)10-15(11)14/h2-10,16H,1H3. The van der Waals surface area contributed by atoms with Crippen molar-refractivity contribution in [2.45, 2.75) is 12.8 Å². The van der Waals surface area contributed by atoms with Crippen molar-refractivity contribution < 1.29 is 0 Å². The molecule has 1 aliphatic carbocycles. The maximum Gasteiger partial charge on any atom is 0.0281 e. The fraction of sp³-hybridized carbons (Fsp3) is 0.125. The van der Waals surface area contributed by atoms with Gasteiger partial charge in [0, 0.05) is 10.4 Å². The first-order valence-electron chi connectivity index (χ1n) is 5.79. The summed E-state index contributed by atoms with van der Waals surface area (Å²) >= 11 is 3.54. The zero-order valence-electron chi connectivity index (χ0n) is 9.65. The van der Waals surface area contributed by atoms with E-state index in [-0.39, 0.29) is 0 Å². The molecule has 84 valence electrons. The number of benzene rings is 2. The largest absolute Gasteiger partial charge is 0.0691 e. The summed E-state index contributed by atoms with van der Waals surface area (Å²) in [4.78, 5) is 0. The van der Waals surface area contributed by atoms with E-state index in [4.69, 9.17) is 0 Å². The van der Waals surface area contributed by atoms with Crippen LogP contribution < -0.4 is 0 Å². The van der Waals surface area contributed by atoms with Crippen LogP contribution in [0.2, 0.25) is 0 Å². The predicted molar refractivity (Wildman–Crippen MR) is 76.1 cm³/mol. The molecule has 0 heterocycles. The summed E-state index contributed by atoms with van der Waals surface area (Å²) in [5.41, 5.74) is 5.52. The normalized spacial score (nSPS) is 17.8. The van der Waals surface area contributed by atoms with Crippen LogP contribution in [0.4, 0.5) is 0 Å². The van der Waals surface area contributed by atoms with Gasteiger partial charge >= 0.3 is 0 Å². The van der Waals surface area contributed by atoms with Crippen molar-refractivity contribution in [2.75, 3.05) is 0 Å². The van der Waals surface area contributed by atoms with Crippen molar-refractivity contribution in [2.24, 2.45) is 0 Å². The van der Waals surface area contributed by atoms with Crippen molar-refractivity contribution in [3.05, 3.63) is 75.8 Å². The molecule has 0 nitrogen and oxygen atoms in total. The first kappa shape index (κ1) is 10.8. The first-order valence-corrected chi connectivity index (χ1v) is 6.58. The average molecular weight is 285 g/mol. The summed E-state index contributed by atoms with van der Waals surface area (Å²) in [6.07, 6.45) is 2.35. The number of rotatable bonds is 1. The summed E-state index contributed by atoms with van der Waals surface area (Å²) in [7, 11) is 0. The van der Waals surface area contributed by atoms with Gasteiger partial charge in [-0.1, -0.05) is 58.4 Å². The van der Waals surface area contributed by atoms with Gasteiger partial charge in [0.15, 0.2) is 0 Å². The Morgan fingerprint density at radius 1 is 1.00 bits per heavy atom. The van der Waals surface area contributed by atoms with E-state index in [9.17, 15) is 0 Å². The van der Waals surface area contributed by atoms with E-state index in [2.05, 4.69) is 77.5 Å². The van der Waals surface area contributed by atoms with Crippen molar-refractivity contribution in [3.8, 4) is 0 Å². The Bertz CT molecular complexity index is 582. The van der Waals surface area contributed by atoms with Crippen LogP contribution in [-0.4, -0.2) is 0 Å². The average Bonchev–Trinajstić information content (AvgIpc) is 2.68. The Labute approximate surface area is 110 Å². The minimum Gasteiger partial charge on any atom is -0.0691 e. The molecule has 0 radical (unpaired) electrons. The Morgan fingerprint density at radius 2 is 1.76 bits per heavy atom. The lowest BCUT2D eigenvalue weighted by Gasteiger charge is -2.11. The molecule has 0 fully saturated rings. The molecule has 3 rings (SSSR count). The molecular formula is C16H13Br. The van der Waals surface area contributed by atoms with Crippen molar-refractivity contribution in [3.63, 3.8) is 0 Å². The topological polar surface area (TPSA) is 0 Å². The Kier molecular flexibility index (Phi) is 2.64. The molecule has 0 saturated carbocycles. The van der Waals surface area contributed by atoms with Gasteiger partial charge in [-0.15, -0.1) is 0 Å². The maximum atomic E-state index is 3.54. The minimum absolute atomic E-state index is 0.416. The number of allylic oxidation sites excluding steroid dienone is 2. The van der Waals surface area contributed by atoms with Crippen molar-refractivity contribution in [1.82, 2.24) is 0 Å². The van der Waals surface area contributed by atoms with Crippen LogP contribution in [0.15, 0.2) is 59.1 Å². The van der Waals surface area contributed by atoms with Gasteiger partial charge < -0.3 is 0 Å². The van der Waals surface area contributed by atoms with Gasteiger partial charge in [-0.05, 0) is 41.3 Å². The van der Waals surface area contributed by atoms with Crippen molar-refractivity contribution in [1.29, 1.82) is 0 Å². The Balaban J connectivity index is 2.13. The summed E-state index contributed by atoms with van der Waals surface area (Å²) in [5, 5.41) is 0. The number of fused-ring (bicyclic) bond motifs is 1. The first-order chi connectivity index (χ1) is 8.25. The molecule has 0 saturated heterocycles. The predicted octanol–water partition coefficient (Wildman–Crippen LogP) is 5.00. The van der Waals surface area contributed by atoms with Crippen LogP contribution in [0.25, 0.3) is 5.57 Å². The second-order valence-corrected chi connectivity index (χ2v) is 5.39. The number of halogens is 1. The van der Waals surface area contributed by atoms with Gasteiger partial charge in [0.05, 0.1) is 0 Å². The van der Waals surface area contributed by atoms with Crippen LogP contribution in [0.1, 0.15) is 29.5 Å². The molecule has 0 N–H and O–H groups in total.